The minimum Gasteiger partial charge on any atom is -0.360 e. The largest absolute Gasteiger partial charge is 0.360 e. The van der Waals surface area contributed by atoms with Crippen molar-refractivity contribution >= 4 is 45.6 Å². The molecule has 1 fully saturated rings. The maximum absolute atomic E-state index is 5.20. The number of thiocarbonyl (C=S) groups is 1. The average molecular weight is 332 g/mol. The van der Waals surface area contributed by atoms with Crippen LogP contribution in [0.5, 0.6) is 0 Å². The molecule has 0 saturated heterocycles. The summed E-state index contributed by atoms with van der Waals surface area (Å²) < 4.78 is 1.26. The molecule has 1 aliphatic rings. The van der Waals surface area contributed by atoms with Crippen LogP contribution in [-0.4, -0.2) is 11.2 Å². The fourth-order valence-electron chi connectivity index (χ4n) is 1.25. The molecule has 0 unspecified atom stereocenters. The molecule has 2 nitrogen and oxygen atoms in total. The first-order chi connectivity index (χ1) is 7.15. The molecule has 2 rings (SSSR count). The van der Waals surface area contributed by atoms with Gasteiger partial charge in [-0.05, 0) is 72.3 Å². The molecule has 0 aliphatic heterocycles. The predicted octanol–water partition coefficient (Wildman–Crippen LogP) is 3.05. The number of anilines is 1. The maximum atomic E-state index is 5.20. The Morgan fingerprint density at radius 3 is 2.80 bits per heavy atom. The van der Waals surface area contributed by atoms with Gasteiger partial charge in [-0.15, -0.1) is 0 Å². The standard InChI is InChI=1S/C11H13IN2S/c1-7-2-3-9(6-10(7)12)14-11(15)13-8-4-5-8/h2-3,6,8H,4-5H2,1H3,(H2,13,14,15). The normalized spacial score (nSPS) is 14.8. The van der Waals surface area contributed by atoms with Crippen LogP contribution < -0.4 is 10.6 Å². The van der Waals surface area contributed by atoms with E-state index >= 15 is 0 Å². The first kappa shape index (κ1) is 11.1. The fourth-order valence-corrected chi connectivity index (χ4v) is 2.05. The lowest BCUT2D eigenvalue weighted by Crippen LogP contribution is -2.30. The summed E-state index contributed by atoms with van der Waals surface area (Å²) in [5.41, 5.74) is 2.35. The zero-order valence-electron chi connectivity index (χ0n) is 8.51. The van der Waals surface area contributed by atoms with Crippen LogP contribution in [-0.2, 0) is 0 Å². The van der Waals surface area contributed by atoms with E-state index in [2.05, 4.69) is 58.3 Å². The van der Waals surface area contributed by atoms with Crippen molar-refractivity contribution in [1.29, 1.82) is 0 Å². The second kappa shape index (κ2) is 4.65. The smallest absolute Gasteiger partial charge is 0.170 e. The molecule has 0 radical (unpaired) electrons. The van der Waals surface area contributed by atoms with Gasteiger partial charge in [0.1, 0.15) is 0 Å². The molecule has 0 spiro atoms. The van der Waals surface area contributed by atoms with Crippen molar-refractivity contribution in [3.05, 3.63) is 27.3 Å². The van der Waals surface area contributed by atoms with E-state index in [0.29, 0.717) is 6.04 Å². The van der Waals surface area contributed by atoms with E-state index in [1.807, 2.05) is 0 Å². The van der Waals surface area contributed by atoms with Gasteiger partial charge in [-0.2, -0.15) is 0 Å². The van der Waals surface area contributed by atoms with Crippen molar-refractivity contribution in [3.63, 3.8) is 0 Å². The summed E-state index contributed by atoms with van der Waals surface area (Å²) in [7, 11) is 0. The van der Waals surface area contributed by atoms with E-state index in [9.17, 15) is 0 Å². The van der Waals surface area contributed by atoms with Crippen molar-refractivity contribution in [2.24, 2.45) is 0 Å². The number of nitrogens with one attached hydrogen (secondary N) is 2. The molecule has 1 aliphatic carbocycles. The third-order valence-electron chi connectivity index (χ3n) is 2.34. The Morgan fingerprint density at radius 2 is 2.20 bits per heavy atom. The number of halogens is 1. The number of hydrogen-bond donors (Lipinski definition) is 2. The van der Waals surface area contributed by atoms with Crippen molar-refractivity contribution in [2.45, 2.75) is 25.8 Å². The van der Waals surface area contributed by atoms with E-state index in [4.69, 9.17) is 12.2 Å². The summed E-state index contributed by atoms with van der Waals surface area (Å²) >= 11 is 7.53. The molecule has 0 atom stereocenters. The lowest BCUT2D eigenvalue weighted by molar-refractivity contribution is 0.919. The van der Waals surface area contributed by atoms with Crippen LogP contribution in [0.4, 0.5) is 5.69 Å². The third kappa shape index (κ3) is 3.31. The van der Waals surface area contributed by atoms with Gasteiger partial charge in [-0.25, -0.2) is 0 Å². The minimum atomic E-state index is 0.606. The molecule has 1 saturated carbocycles. The van der Waals surface area contributed by atoms with Gasteiger partial charge in [-0.1, -0.05) is 6.07 Å². The molecule has 1 aromatic carbocycles. The van der Waals surface area contributed by atoms with E-state index in [-0.39, 0.29) is 0 Å². The van der Waals surface area contributed by atoms with E-state index < -0.39 is 0 Å². The number of rotatable bonds is 2. The third-order valence-corrected chi connectivity index (χ3v) is 3.72. The van der Waals surface area contributed by atoms with Gasteiger partial charge >= 0.3 is 0 Å². The minimum absolute atomic E-state index is 0.606. The molecule has 4 heteroatoms. The van der Waals surface area contributed by atoms with Crippen LogP contribution in [0.1, 0.15) is 18.4 Å². The van der Waals surface area contributed by atoms with Crippen molar-refractivity contribution < 1.29 is 0 Å². The van der Waals surface area contributed by atoms with Gasteiger partial charge in [0, 0.05) is 15.3 Å². The zero-order valence-corrected chi connectivity index (χ0v) is 11.5. The predicted molar refractivity (Wildman–Crippen MR) is 76.3 cm³/mol. The van der Waals surface area contributed by atoms with E-state index in [0.717, 1.165) is 10.8 Å². The number of hydrogen-bond acceptors (Lipinski definition) is 1. The van der Waals surface area contributed by atoms with E-state index in [1.54, 1.807) is 0 Å². The van der Waals surface area contributed by atoms with Crippen LogP contribution in [0.2, 0.25) is 0 Å². The van der Waals surface area contributed by atoms with Crippen LogP contribution in [0.15, 0.2) is 18.2 Å². The Bertz CT molecular complexity index is 388. The molecule has 15 heavy (non-hydrogen) atoms. The van der Waals surface area contributed by atoms with Crippen molar-refractivity contribution in [3.8, 4) is 0 Å². The molecular weight excluding hydrogens is 319 g/mol. The highest BCUT2D eigenvalue weighted by atomic mass is 127. The van der Waals surface area contributed by atoms with Gasteiger partial charge in [-0.3, -0.25) is 0 Å². The number of aryl methyl sites for hydroxylation is 1. The molecule has 80 valence electrons. The molecular formula is C11H13IN2S. The SMILES string of the molecule is Cc1ccc(NC(=S)NC2CC2)cc1I. The Balaban J connectivity index is 1.97. The van der Waals surface area contributed by atoms with E-state index in [1.165, 1.54) is 22.0 Å². The molecule has 0 amide bonds. The molecule has 0 bridgehead atoms. The summed E-state index contributed by atoms with van der Waals surface area (Å²) in [6.45, 7) is 2.10. The van der Waals surface area contributed by atoms with Gasteiger partial charge in [0.15, 0.2) is 5.11 Å². The first-order valence-corrected chi connectivity index (χ1v) is 6.47. The molecule has 2 N–H and O–H groups in total. The van der Waals surface area contributed by atoms with Gasteiger partial charge < -0.3 is 10.6 Å². The Morgan fingerprint density at radius 1 is 1.47 bits per heavy atom. The Hall–Kier alpha value is -0.360. The summed E-state index contributed by atoms with van der Waals surface area (Å²) in [6, 6.07) is 6.87. The molecule has 0 heterocycles. The topological polar surface area (TPSA) is 24.1 Å². The molecule has 0 aromatic heterocycles. The van der Waals surface area contributed by atoms with Gasteiger partial charge in [0.25, 0.3) is 0 Å². The average Bonchev–Trinajstić information content (AvgIpc) is 2.95. The Kier molecular flexibility index (Phi) is 3.45. The maximum Gasteiger partial charge on any atom is 0.170 e. The Labute approximate surface area is 109 Å². The van der Waals surface area contributed by atoms with Crippen molar-refractivity contribution in [1.82, 2.24) is 5.32 Å². The second-order valence-corrected chi connectivity index (χ2v) is 5.41. The van der Waals surface area contributed by atoms with Gasteiger partial charge in [0.05, 0.1) is 0 Å². The van der Waals surface area contributed by atoms with Crippen LogP contribution in [0, 0.1) is 10.5 Å². The highest BCUT2D eigenvalue weighted by Gasteiger charge is 2.21. The summed E-state index contributed by atoms with van der Waals surface area (Å²) in [5, 5.41) is 7.18. The van der Waals surface area contributed by atoms with Crippen LogP contribution >= 0.6 is 34.8 Å². The monoisotopic (exact) mass is 332 g/mol. The zero-order chi connectivity index (χ0) is 10.8. The lowest BCUT2D eigenvalue weighted by Gasteiger charge is -2.10. The molecule has 1 aromatic rings. The fraction of sp³-hybridized carbons (Fsp3) is 0.364. The summed E-state index contributed by atoms with van der Waals surface area (Å²) in [6.07, 6.45) is 2.49. The lowest BCUT2D eigenvalue weighted by atomic mass is 10.2. The second-order valence-electron chi connectivity index (χ2n) is 3.84. The van der Waals surface area contributed by atoms with Crippen LogP contribution in [0.25, 0.3) is 0 Å². The highest BCUT2D eigenvalue weighted by Crippen LogP contribution is 2.20. The number of benzene rings is 1. The highest BCUT2D eigenvalue weighted by molar-refractivity contribution is 14.1. The first-order valence-electron chi connectivity index (χ1n) is 4.99. The van der Waals surface area contributed by atoms with Crippen molar-refractivity contribution in [2.75, 3.05) is 5.32 Å². The van der Waals surface area contributed by atoms with Crippen LogP contribution in [0.3, 0.4) is 0 Å². The summed E-state index contributed by atoms with van der Waals surface area (Å²) in [5.74, 6) is 0. The van der Waals surface area contributed by atoms with Gasteiger partial charge in [0.2, 0.25) is 0 Å². The quantitative estimate of drug-likeness (QED) is 0.643. The summed E-state index contributed by atoms with van der Waals surface area (Å²) in [4.78, 5) is 0.